The van der Waals surface area contributed by atoms with Crippen molar-refractivity contribution in [3.63, 3.8) is 0 Å². The molecule has 0 bridgehead atoms. The number of piperidine rings is 1. The van der Waals surface area contributed by atoms with Crippen LogP contribution in [0.2, 0.25) is 0 Å². The zero-order valence-corrected chi connectivity index (χ0v) is 21.4. The van der Waals surface area contributed by atoms with Gasteiger partial charge in [0.15, 0.2) is 5.84 Å². The maximum Gasteiger partial charge on any atom is 0.156 e. The first kappa shape index (κ1) is 22.7. The molecule has 3 N–H and O–H groups in total. The van der Waals surface area contributed by atoms with Crippen LogP contribution in [-0.2, 0) is 18.3 Å². The third-order valence-electron chi connectivity index (χ3n) is 8.58. The van der Waals surface area contributed by atoms with Gasteiger partial charge in [-0.15, -0.1) is 0 Å². The smallest absolute Gasteiger partial charge is 0.156 e. The first-order valence-corrected chi connectivity index (χ1v) is 13.2. The van der Waals surface area contributed by atoms with Gasteiger partial charge in [-0.25, -0.2) is 9.97 Å². The van der Waals surface area contributed by atoms with E-state index in [1.807, 2.05) is 30.3 Å². The summed E-state index contributed by atoms with van der Waals surface area (Å²) >= 11 is 0. The summed E-state index contributed by atoms with van der Waals surface area (Å²) < 4.78 is 7.71. The zero-order chi connectivity index (χ0) is 25.1. The topological polar surface area (TPSA) is 110 Å². The summed E-state index contributed by atoms with van der Waals surface area (Å²) in [5, 5.41) is 7.86. The third-order valence-corrected chi connectivity index (χ3v) is 8.58. The summed E-state index contributed by atoms with van der Waals surface area (Å²) in [4.78, 5) is 19.4. The SMILES string of the molecule is C[C@@H]1OCC2(CCN(c3cnc4c(n3)CN=C4N3CCNc4cc(-c5cnn(C)c5)ccc43)CC2)[C@@H]1N. The normalized spacial score (nSPS) is 24.1. The van der Waals surface area contributed by atoms with Gasteiger partial charge in [-0.1, -0.05) is 6.07 Å². The Kier molecular flexibility index (Phi) is 5.23. The van der Waals surface area contributed by atoms with Crippen LogP contribution in [0.5, 0.6) is 0 Å². The van der Waals surface area contributed by atoms with Crippen LogP contribution in [0, 0.1) is 5.41 Å². The minimum atomic E-state index is 0.100. The number of nitrogens with zero attached hydrogens (tertiary/aromatic N) is 7. The number of nitrogens with two attached hydrogens (primary N) is 1. The number of hydrogen-bond donors (Lipinski definition) is 2. The fourth-order valence-electron chi connectivity index (χ4n) is 6.26. The van der Waals surface area contributed by atoms with Crippen LogP contribution < -0.4 is 20.9 Å². The number of ether oxygens (including phenoxy) is 1. The second kappa shape index (κ2) is 8.53. The number of rotatable bonds is 2. The first-order valence-electron chi connectivity index (χ1n) is 13.2. The average Bonchev–Trinajstić information content (AvgIpc) is 3.63. The predicted octanol–water partition coefficient (Wildman–Crippen LogP) is 2.40. The van der Waals surface area contributed by atoms with E-state index in [4.69, 9.17) is 25.4 Å². The van der Waals surface area contributed by atoms with Crippen molar-refractivity contribution in [1.82, 2.24) is 19.7 Å². The van der Waals surface area contributed by atoms with Crippen LogP contribution in [0.4, 0.5) is 17.2 Å². The Hall–Kier alpha value is -3.50. The summed E-state index contributed by atoms with van der Waals surface area (Å²) in [5.41, 5.74) is 12.9. The van der Waals surface area contributed by atoms with Crippen molar-refractivity contribution in [2.75, 3.05) is 47.9 Å². The Balaban J connectivity index is 1.10. The Morgan fingerprint density at radius 3 is 2.76 bits per heavy atom. The highest BCUT2D eigenvalue weighted by atomic mass is 16.5. The molecule has 4 aliphatic heterocycles. The first-order chi connectivity index (χ1) is 18.0. The molecule has 0 amide bonds. The molecule has 0 aliphatic carbocycles. The Morgan fingerprint density at radius 2 is 2.00 bits per heavy atom. The maximum atomic E-state index is 6.51. The minimum Gasteiger partial charge on any atom is -0.382 e. The van der Waals surface area contributed by atoms with Crippen LogP contribution in [0.1, 0.15) is 31.2 Å². The summed E-state index contributed by atoms with van der Waals surface area (Å²) in [6.45, 7) is 6.94. The lowest BCUT2D eigenvalue weighted by Gasteiger charge is -2.41. The molecule has 2 saturated heterocycles. The predicted molar refractivity (Wildman–Crippen MR) is 144 cm³/mol. The molecule has 7 rings (SSSR count). The molecule has 4 aliphatic rings. The molecular weight excluding hydrogens is 466 g/mol. The van der Waals surface area contributed by atoms with Crippen molar-refractivity contribution in [3.05, 3.63) is 48.2 Å². The molecule has 2 atom stereocenters. The Morgan fingerprint density at radius 1 is 1.14 bits per heavy atom. The Labute approximate surface area is 216 Å². The number of aryl methyl sites for hydroxylation is 1. The Bertz CT molecular complexity index is 1370. The van der Waals surface area contributed by atoms with Gasteiger partial charge >= 0.3 is 0 Å². The average molecular weight is 500 g/mol. The summed E-state index contributed by atoms with van der Waals surface area (Å²) in [5.74, 6) is 1.85. The molecule has 0 radical (unpaired) electrons. The number of nitrogens with one attached hydrogen (secondary N) is 1. The molecule has 1 spiro atoms. The van der Waals surface area contributed by atoms with Gasteiger partial charge in [0.05, 0.1) is 48.7 Å². The molecule has 10 heteroatoms. The van der Waals surface area contributed by atoms with E-state index in [1.165, 1.54) is 0 Å². The maximum absolute atomic E-state index is 6.51. The fourth-order valence-corrected chi connectivity index (χ4v) is 6.26. The van der Waals surface area contributed by atoms with E-state index in [2.05, 4.69) is 45.3 Å². The molecule has 6 heterocycles. The standard InChI is InChI=1S/C27H33N9O/c1-17-25(28)27(16-37-17)5-8-35(9-6-27)23-14-30-24-21(33-23)13-31-26(24)36-10-7-29-20-11-18(3-4-22(20)36)19-12-32-34(2)15-19/h3-4,11-12,14-15,17,25,29H,5-10,13,16,28H2,1-2H3/t17-,25+/m0/s1. The highest BCUT2D eigenvalue weighted by Crippen LogP contribution is 2.42. The van der Waals surface area contributed by atoms with Crippen LogP contribution in [-0.4, -0.2) is 70.5 Å². The third kappa shape index (κ3) is 3.69. The van der Waals surface area contributed by atoms with E-state index in [0.717, 1.165) is 91.2 Å². The monoisotopic (exact) mass is 499 g/mol. The van der Waals surface area contributed by atoms with Gasteiger partial charge < -0.3 is 25.6 Å². The molecule has 2 fully saturated rings. The number of hydrogen-bond acceptors (Lipinski definition) is 9. The lowest BCUT2D eigenvalue weighted by atomic mass is 9.73. The van der Waals surface area contributed by atoms with Gasteiger partial charge in [0.1, 0.15) is 11.5 Å². The number of amidine groups is 1. The molecule has 0 saturated carbocycles. The van der Waals surface area contributed by atoms with E-state index in [-0.39, 0.29) is 17.6 Å². The van der Waals surface area contributed by atoms with Crippen molar-refractivity contribution < 1.29 is 4.74 Å². The van der Waals surface area contributed by atoms with E-state index in [0.29, 0.717) is 6.54 Å². The van der Waals surface area contributed by atoms with Gasteiger partial charge in [0.2, 0.25) is 0 Å². The number of aliphatic imine (C=N–C) groups is 1. The van der Waals surface area contributed by atoms with E-state index in [1.54, 1.807) is 0 Å². The van der Waals surface area contributed by atoms with Gasteiger partial charge in [0, 0.05) is 56.4 Å². The second-order valence-electron chi connectivity index (χ2n) is 10.8. The fraction of sp³-hybridized carbons (Fsp3) is 0.481. The second-order valence-corrected chi connectivity index (χ2v) is 10.8. The molecule has 192 valence electrons. The van der Waals surface area contributed by atoms with Crippen LogP contribution in [0.3, 0.4) is 0 Å². The molecule has 3 aromatic rings. The lowest BCUT2D eigenvalue weighted by molar-refractivity contribution is 0.0974. The van der Waals surface area contributed by atoms with Gasteiger partial charge in [-0.2, -0.15) is 5.10 Å². The number of anilines is 3. The van der Waals surface area contributed by atoms with Crippen LogP contribution in [0.15, 0.2) is 41.8 Å². The molecule has 10 nitrogen and oxygen atoms in total. The largest absolute Gasteiger partial charge is 0.382 e. The van der Waals surface area contributed by atoms with Crippen molar-refractivity contribution in [3.8, 4) is 11.1 Å². The molecule has 37 heavy (non-hydrogen) atoms. The van der Waals surface area contributed by atoms with Crippen LogP contribution >= 0.6 is 0 Å². The molecule has 1 aromatic carbocycles. The van der Waals surface area contributed by atoms with Crippen LogP contribution in [0.25, 0.3) is 11.1 Å². The summed E-state index contributed by atoms with van der Waals surface area (Å²) in [6, 6.07) is 6.61. The minimum absolute atomic E-state index is 0.100. The van der Waals surface area contributed by atoms with E-state index in [9.17, 15) is 0 Å². The molecule has 2 aromatic heterocycles. The van der Waals surface area contributed by atoms with E-state index >= 15 is 0 Å². The quantitative estimate of drug-likeness (QED) is 0.553. The van der Waals surface area contributed by atoms with Crippen molar-refractivity contribution in [2.45, 2.75) is 38.5 Å². The molecular formula is C27H33N9O. The summed E-state index contributed by atoms with van der Waals surface area (Å²) in [7, 11) is 1.94. The highest BCUT2D eigenvalue weighted by Gasteiger charge is 2.47. The summed E-state index contributed by atoms with van der Waals surface area (Å²) in [6.07, 6.45) is 8.03. The number of fused-ring (bicyclic) bond motifs is 2. The van der Waals surface area contributed by atoms with Gasteiger partial charge in [-0.05, 0) is 37.5 Å². The molecule has 0 unspecified atom stereocenters. The van der Waals surface area contributed by atoms with Crippen molar-refractivity contribution in [1.29, 1.82) is 0 Å². The lowest BCUT2D eigenvalue weighted by Crippen LogP contribution is -2.50. The van der Waals surface area contributed by atoms with Gasteiger partial charge in [-0.3, -0.25) is 9.67 Å². The van der Waals surface area contributed by atoms with Crippen molar-refractivity contribution in [2.24, 2.45) is 23.2 Å². The highest BCUT2D eigenvalue weighted by molar-refractivity contribution is 6.12. The number of aromatic nitrogens is 4. The van der Waals surface area contributed by atoms with E-state index < -0.39 is 0 Å². The van der Waals surface area contributed by atoms with Crippen molar-refractivity contribution >= 4 is 23.0 Å². The number of benzene rings is 1. The van der Waals surface area contributed by atoms with Gasteiger partial charge in [0.25, 0.3) is 0 Å². The zero-order valence-electron chi connectivity index (χ0n) is 21.4.